The van der Waals surface area contributed by atoms with Crippen LogP contribution in [0.3, 0.4) is 0 Å². The number of carbonyl (C=O) groups is 2. The van der Waals surface area contributed by atoms with Crippen molar-refractivity contribution in [2.75, 3.05) is 0 Å². The van der Waals surface area contributed by atoms with E-state index < -0.39 is 23.3 Å². The molecule has 1 aromatic carbocycles. The van der Waals surface area contributed by atoms with Gasteiger partial charge in [0.05, 0.1) is 0 Å². The quantitative estimate of drug-likeness (QED) is 0.806. The number of hydrogen-bond acceptors (Lipinski definition) is 6. The topological polar surface area (TPSA) is 65.5 Å². The van der Waals surface area contributed by atoms with Crippen LogP contribution < -0.4 is 4.74 Å². The average molecular weight is 331 g/mol. The predicted octanol–water partition coefficient (Wildman–Crippen LogP) is 2.97. The molecule has 0 saturated carbocycles. The minimum atomic E-state index is -5.13. The Morgan fingerprint density at radius 3 is 2.50 bits per heavy atom. The van der Waals surface area contributed by atoms with Crippen LogP contribution in [0.2, 0.25) is 0 Å². The zero-order valence-corrected chi connectivity index (χ0v) is 11.6. The summed E-state index contributed by atoms with van der Waals surface area (Å²) in [7, 11) is 0. The molecule has 0 aliphatic carbocycles. The lowest BCUT2D eigenvalue weighted by molar-refractivity contribution is -0.189. The smallest absolute Gasteiger partial charge is 0.456 e. The van der Waals surface area contributed by atoms with Gasteiger partial charge in [-0.2, -0.15) is 18.2 Å². The summed E-state index contributed by atoms with van der Waals surface area (Å²) >= 11 is 0.589. The van der Waals surface area contributed by atoms with Gasteiger partial charge in [0.1, 0.15) is 6.61 Å². The molecule has 0 unspecified atom stereocenters. The SMILES string of the molecule is O=C(OCc1ccccc1)c1csc(OC(=O)C(F)(F)F)n1. The fourth-order valence-electron chi connectivity index (χ4n) is 1.33. The van der Waals surface area contributed by atoms with Crippen molar-refractivity contribution in [2.45, 2.75) is 12.8 Å². The Balaban J connectivity index is 1.93. The minimum absolute atomic E-state index is 0.00509. The summed E-state index contributed by atoms with van der Waals surface area (Å²) in [4.78, 5) is 25.8. The van der Waals surface area contributed by atoms with Gasteiger partial charge in [-0.05, 0) is 5.56 Å². The van der Waals surface area contributed by atoms with Gasteiger partial charge >= 0.3 is 18.1 Å². The molecule has 2 rings (SSSR count). The third-order valence-electron chi connectivity index (χ3n) is 2.32. The van der Waals surface area contributed by atoms with E-state index in [2.05, 4.69) is 9.72 Å². The Labute approximate surface area is 126 Å². The average Bonchev–Trinajstić information content (AvgIpc) is 2.93. The van der Waals surface area contributed by atoms with E-state index in [9.17, 15) is 22.8 Å². The second-order valence-electron chi connectivity index (χ2n) is 3.95. The highest BCUT2D eigenvalue weighted by molar-refractivity contribution is 7.11. The molecule has 1 aromatic heterocycles. The maximum absolute atomic E-state index is 12.0. The standard InChI is InChI=1S/C13H8F3NO4S/c14-13(15,16)11(19)21-12-17-9(7-22-12)10(18)20-6-8-4-2-1-3-5-8/h1-5,7H,6H2. The highest BCUT2D eigenvalue weighted by Gasteiger charge is 2.42. The summed E-state index contributed by atoms with van der Waals surface area (Å²) in [6.07, 6.45) is -5.13. The van der Waals surface area contributed by atoms with Crippen molar-refractivity contribution in [3.05, 3.63) is 47.0 Å². The molecule has 0 atom stereocenters. The molecule has 0 N–H and O–H groups in total. The van der Waals surface area contributed by atoms with E-state index in [1.807, 2.05) is 0 Å². The minimum Gasteiger partial charge on any atom is -0.456 e. The van der Waals surface area contributed by atoms with Crippen LogP contribution in [0.1, 0.15) is 16.1 Å². The number of benzene rings is 1. The maximum atomic E-state index is 12.0. The van der Waals surface area contributed by atoms with Crippen molar-refractivity contribution in [2.24, 2.45) is 0 Å². The second-order valence-corrected chi connectivity index (χ2v) is 4.77. The van der Waals surface area contributed by atoms with Gasteiger partial charge in [0.15, 0.2) is 5.69 Å². The van der Waals surface area contributed by atoms with Gasteiger partial charge in [-0.3, -0.25) is 0 Å². The molecule has 0 radical (unpaired) electrons. The lowest BCUT2D eigenvalue weighted by Crippen LogP contribution is -2.27. The number of carbonyl (C=O) groups excluding carboxylic acids is 2. The van der Waals surface area contributed by atoms with Crippen LogP contribution in [-0.2, 0) is 16.1 Å². The van der Waals surface area contributed by atoms with E-state index in [1.54, 1.807) is 30.3 Å². The lowest BCUT2D eigenvalue weighted by Gasteiger charge is -2.03. The molecule has 0 spiro atoms. The molecule has 22 heavy (non-hydrogen) atoms. The van der Waals surface area contributed by atoms with Gasteiger partial charge in [-0.25, -0.2) is 9.59 Å². The van der Waals surface area contributed by atoms with E-state index in [0.717, 1.165) is 10.9 Å². The number of thiazole rings is 1. The first-order valence-corrected chi connectivity index (χ1v) is 6.70. The Bertz CT molecular complexity index is 669. The zero-order chi connectivity index (χ0) is 16.2. The maximum Gasteiger partial charge on any atom is 0.491 e. The first-order valence-electron chi connectivity index (χ1n) is 5.82. The Hall–Kier alpha value is -2.42. The fourth-order valence-corrected chi connectivity index (χ4v) is 1.97. The molecule has 116 valence electrons. The Morgan fingerprint density at radius 2 is 1.86 bits per heavy atom. The Morgan fingerprint density at radius 1 is 1.18 bits per heavy atom. The number of rotatable bonds is 4. The van der Waals surface area contributed by atoms with Gasteiger partial charge in [-0.1, -0.05) is 41.7 Å². The third-order valence-corrected chi connectivity index (χ3v) is 3.03. The molecule has 0 aliphatic heterocycles. The molecule has 9 heteroatoms. The largest absolute Gasteiger partial charge is 0.491 e. The fraction of sp³-hybridized carbons (Fsp3) is 0.154. The van der Waals surface area contributed by atoms with Crippen molar-refractivity contribution in [3.8, 4) is 5.19 Å². The van der Waals surface area contributed by atoms with E-state index in [-0.39, 0.29) is 12.3 Å². The van der Waals surface area contributed by atoms with Crippen LogP contribution in [0.25, 0.3) is 0 Å². The molecule has 0 aliphatic rings. The molecule has 0 bridgehead atoms. The summed E-state index contributed by atoms with van der Waals surface area (Å²) in [5, 5.41) is 0.570. The van der Waals surface area contributed by atoms with E-state index in [1.165, 1.54) is 0 Å². The number of aromatic nitrogens is 1. The van der Waals surface area contributed by atoms with Crippen molar-refractivity contribution >= 4 is 23.3 Å². The van der Waals surface area contributed by atoms with E-state index in [0.29, 0.717) is 11.3 Å². The normalized spacial score (nSPS) is 11.0. The summed E-state index contributed by atoms with van der Waals surface area (Å²) in [5.74, 6) is -3.22. The van der Waals surface area contributed by atoms with Crippen LogP contribution >= 0.6 is 11.3 Å². The molecule has 0 saturated heterocycles. The summed E-state index contributed by atoms with van der Waals surface area (Å²) in [6.45, 7) is -0.00509. The van der Waals surface area contributed by atoms with Gasteiger partial charge in [0.25, 0.3) is 5.19 Å². The monoisotopic (exact) mass is 331 g/mol. The Kier molecular flexibility index (Phi) is 4.76. The van der Waals surface area contributed by atoms with Crippen LogP contribution in [0.15, 0.2) is 35.7 Å². The number of ether oxygens (including phenoxy) is 2. The second kappa shape index (κ2) is 6.56. The lowest BCUT2D eigenvalue weighted by atomic mass is 10.2. The third kappa shape index (κ3) is 4.29. The van der Waals surface area contributed by atoms with Gasteiger partial charge in [-0.15, -0.1) is 0 Å². The molecule has 1 heterocycles. The van der Waals surface area contributed by atoms with E-state index >= 15 is 0 Å². The van der Waals surface area contributed by atoms with Crippen LogP contribution in [0, 0.1) is 0 Å². The first kappa shape index (κ1) is 16.0. The van der Waals surface area contributed by atoms with Gasteiger partial charge < -0.3 is 9.47 Å². The number of halogens is 3. The summed E-state index contributed by atoms with van der Waals surface area (Å²) in [6, 6.07) is 8.81. The zero-order valence-electron chi connectivity index (χ0n) is 10.8. The predicted molar refractivity (Wildman–Crippen MR) is 69.4 cm³/mol. The number of esters is 2. The van der Waals surface area contributed by atoms with Crippen LogP contribution in [-0.4, -0.2) is 23.1 Å². The highest BCUT2D eigenvalue weighted by Crippen LogP contribution is 2.23. The highest BCUT2D eigenvalue weighted by atomic mass is 32.1. The van der Waals surface area contributed by atoms with Crippen LogP contribution in [0.4, 0.5) is 13.2 Å². The molecule has 0 amide bonds. The van der Waals surface area contributed by atoms with Crippen molar-refractivity contribution in [1.29, 1.82) is 0 Å². The molecular weight excluding hydrogens is 323 g/mol. The van der Waals surface area contributed by atoms with Gasteiger partial charge in [0.2, 0.25) is 0 Å². The number of alkyl halides is 3. The van der Waals surface area contributed by atoms with Crippen molar-refractivity contribution in [3.63, 3.8) is 0 Å². The van der Waals surface area contributed by atoms with Crippen molar-refractivity contribution in [1.82, 2.24) is 4.98 Å². The van der Waals surface area contributed by atoms with Crippen LogP contribution in [0.5, 0.6) is 5.19 Å². The molecule has 2 aromatic rings. The van der Waals surface area contributed by atoms with E-state index in [4.69, 9.17) is 4.74 Å². The molecule has 0 fully saturated rings. The molecular formula is C13H8F3NO4S. The first-order chi connectivity index (χ1) is 10.4. The summed E-state index contributed by atoms with van der Waals surface area (Å²) in [5.41, 5.74) is 0.515. The molecule has 5 nitrogen and oxygen atoms in total. The number of nitrogens with zero attached hydrogens (tertiary/aromatic N) is 1. The van der Waals surface area contributed by atoms with Gasteiger partial charge in [0, 0.05) is 5.38 Å². The summed E-state index contributed by atoms with van der Waals surface area (Å²) < 4.78 is 45.0. The van der Waals surface area contributed by atoms with Crippen molar-refractivity contribution < 1.29 is 32.2 Å². The number of hydrogen-bond donors (Lipinski definition) is 0.